The maximum absolute atomic E-state index is 12.9. The number of hydrogen-bond donors (Lipinski definition) is 3. The number of hydrogen-bond acceptors (Lipinski definition) is 5. The summed E-state index contributed by atoms with van der Waals surface area (Å²) in [5.41, 5.74) is 4.60. The van der Waals surface area contributed by atoms with E-state index in [9.17, 15) is 19.5 Å². The quantitative estimate of drug-likeness (QED) is 0.452. The van der Waals surface area contributed by atoms with E-state index in [2.05, 4.69) is 27.9 Å². The number of aliphatic carboxylic acids is 1. The van der Waals surface area contributed by atoms with Crippen LogP contribution in [0.1, 0.15) is 47.8 Å². The molecule has 0 bridgehead atoms. The molecule has 2 aromatic carbocycles. The van der Waals surface area contributed by atoms with Gasteiger partial charge in [-0.2, -0.15) is 5.10 Å². The van der Waals surface area contributed by atoms with Crippen LogP contribution < -0.4 is 10.6 Å². The van der Waals surface area contributed by atoms with Gasteiger partial charge < -0.3 is 15.2 Å². The van der Waals surface area contributed by atoms with E-state index in [1.54, 1.807) is 6.92 Å². The average Bonchev–Trinajstić information content (AvgIpc) is 3.37. The molecule has 35 heavy (non-hydrogen) atoms. The van der Waals surface area contributed by atoms with Gasteiger partial charge in [0.15, 0.2) is 0 Å². The van der Waals surface area contributed by atoms with Crippen LogP contribution in [-0.2, 0) is 16.6 Å². The highest BCUT2D eigenvalue weighted by Gasteiger charge is 2.30. The van der Waals surface area contributed by atoms with Crippen molar-refractivity contribution < 1.29 is 24.2 Å². The molecule has 1 aliphatic rings. The van der Waals surface area contributed by atoms with E-state index in [1.165, 1.54) is 17.9 Å². The van der Waals surface area contributed by atoms with Gasteiger partial charge >= 0.3 is 12.1 Å². The number of carbonyl (C=O) groups is 3. The molecule has 3 aromatic rings. The van der Waals surface area contributed by atoms with Crippen LogP contribution in [0, 0.1) is 5.92 Å². The number of aryl methyl sites for hydroxylation is 1. The van der Waals surface area contributed by atoms with Crippen LogP contribution in [0.25, 0.3) is 11.1 Å². The van der Waals surface area contributed by atoms with E-state index in [0.717, 1.165) is 22.3 Å². The lowest BCUT2D eigenvalue weighted by atomic mass is 9.98. The number of carboxylic acid groups (broad SMARTS) is 1. The maximum atomic E-state index is 12.9. The summed E-state index contributed by atoms with van der Waals surface area (Å²) >= 11 is 0. The van der Waals surface area contributed by atoms with Gasteiger partial charge in [-0.05, 0) is 28.2 Å². The van der Waals surface area contributed by atoms with E-state index >= 15 is 0 Å². The second-order valence-corrected chi connectivity index (χ2v) is 8.66. The molecule has 0 fully saturated rings. The third-order valence-electron chi connectivity index (χ3n) is 6.50. The predicted octanol–water partition coefficient (Wildman–Crippen LogP) is 4.01. The van der Waals surface area contributed by atoms with Gasteiger partial charge in [-0.1, -0.05) is 68.8 Å². The Hall–Kier alpha value is -4.14. The zero-order chi connectivity index (χ0) is 25.1. The smallest absolute Gasteiger partial charge is 0.411 e. The highest BCUT2D eigenvalue weighted by molar-refractivity contribution is 6.02. The summed E-state index contributed by atoms with van der Waals surface area (Å²) in [7, 11) is 1.54. The molecular formula is C26H28N4O5. The number of anilines is 1. The largest absolute Gasteiger partial charge is 0.480 e. The highest BCUT2D eigenvalue weighted by atomic mass is 16.5. The number of nitrogens with one attached hydrogen (secondary N) is 2. The minimum atomic E-state index is -1.12. The van der Waals surface area contributed by atoms with Crippen LogP contribution in [-0.4, -0.2) is 45.5 Å². The second-order valence-electron chi connectivity index (χ2n) is 8.66. The molecule has 9 heteroatoms. The molecule has 1 aromatic heterocycles. The van der Waals surface area contributed by atoms with Gasteiger partial charge in [-0.3, -0.25) is 14.8 Å². The SMILES string of the molecule is CC[C@H](C)[C@H](NC(=O)c1c(NC(=O)OCC2c3ccccc3-c3ccccc32)cnn1C)C(=O)O. The molecule has 0 radical (unpaired) electrons. The molecule has 9 nitrogen and oxygen atoms in total. The lowest BCUT2D eigenvalue weighted by Crippen LogP contribution is -2.45. The fourth-order valence-corrected chi connectivity index (χ4v) is 4.44. The summed E-state index contributed by atoms with van der Waals surface area (Å²) in [6.45, 7) is 3.72. The first kappa shape index (κ1) is 24.0. The minimum absolute atomic E-state index is 0.0352. The van der Waals surface area contributed by atoms with Crippen molar-refractivity contribution in [1.82, 2.24) is 15.1 Å². The zero-order valence-corrected chi connectivity index (χ0v) is 19.8. The molecular weight excluding hydrogens is 448 g/mol. The van der Waals surface area contributed by atoms with Crippen molar-refractivity contribution in [1.29, 1.82) is 0 Å². The Kier molecular flexibility index (Phi) is 6.86. The van der Waals surface area contributed by atoms with Crippen molar-refractivity contribution >= 4 is 23.7 Å². The fraction of sp³-hybridized carbons (Fsp3) is 0.308. The molecule has 0 saturated carbocycles. The Balaban J connectivity index is 1.46. The Morgan fingerprint density at radius 3 is 2.26 bits per heavy atom. The summed E-state index contributed by atoms with van der Waals surface area (Å²) in [5.74, 6) is -2.15. The molecule has 3 N–H and O–H groups in total. The minimum Gasteiger partial charge on any atom is -0.480 e. The highest BCUT2D eigenvalue weighted by Crippen LogP contribution is 2.44. The third-order valence-corrected chi connectivity index (χ3v) is 6.50. The second kappa shape index (κ2) is 10.0. The van der Waals surface area contributed by atoms with Crippen LogP contribution in [0.5, 0.6) is 0 Å². The van der Waals surface area contributed by atoms with Crippen molar-refractivity contribution in [3.63, 3.8) is 0 Å². The first-order chi connectivity index (χ1) is 16.8. The van der Waals surface area contributed by atoms with E-state index in [4.69, 9.17) is 4.74 Å². The molecule has 0 aliphatic heterocycles. The lowest BCUT2D eigenvalue weighted by molar-refractivity contribution is -0.140. The summed E-state index contributed by atoms with van der Waals surface area (Å²) < 4.78 is 6.83. The topological polar surface area (TPSA) is 123 Å². The molecule has 2 atom stereocenters. The van der Waals surface area contributed by atoms with Gasteiger partial charge in [-0.15, -0.1) is 0 Å². The van der Waals surface area contributed by atoms with Crippen LogP contribution in [0.15, 0.2) is 54.7 Å². The number of aromatic nitrogens is 2. The van der Waals surface area contributed by atoms with Crippen molar-refractivity contribution in [2.24, 2.45) is 13.0 Å². The normalized spacial score (nSPS) is 13.9. The molecule has 4 rings (SSSR count). The standard InChI is InChI=1S/C26H28N4O5/c1-4-15(2)22(25(32)33)29-24(31)23-21(13-27-30(23)3)28-26(34)35-14-20-18-11-7-5-9-16(18)17-10-6-8-12-19(17)20/h5-13,15,20,22H,4,14H2,1-3H3,(H,28,34)(H,29,31)(H,32,33)/t15-,22-/m0/s1. The van der Waals surface area contributed by atoms with E-state index in [-0.39, 0.29) is 29.8 Å². The molecule has 1 heterocycles. The van der Waals surface area contributed by atoms with Crippen LogP contribution in [0.2, 0.25) is 0 Å². The van der Waals surface area contributed by atoms with Gasteiger partial charge in [0.1, 0.15) is 18.3 Å². The zero-order valence-electron chi connectivity index (χ0n) is 19.8. The van der Waals surface area contributed by atoms with Crippen molar-refractivity contribution in [3.05, 3.63) is 71.5 Å². The molecule has 1 aliphatic carbocycles. The van der Waals surface area contributed by atoms with Crippen LogP contribution in [0.4, 0.5) is 10.5 Å². The Labute approximate surface area is 203 Å². The Bertz CT molecular complexity index is 1220. The van der Waals surface area contributed by atoms with Crippen LogP contribution >= 0.6 is 0 Å². The third kappa shape index (κ3) is 4.75. The van der Waals surface area contributed by atoms with Gasteiger partial charge in [0, 0.05) is 13.0 Å². The van der Waals surface area contributed by atoms with Crippen LogP contribution in [0.3, 0.4) is 0 Å². The van der Waals surface area contributed by atoms with Gasteiger partial charge in [0.25, 0.3) is 5.91 Å². The van der Waals surface area contributed by atoms with Crippen molar-refractivity contribution in [2.45, 2.75) is 32.2 Å². The van der Waals surface area contributed by atoms with Gasteiger partial charge in [0.2, 0.25) is 0 Å². The Morgan fingerprint density at radius 2 is 1.69 bits per heavy atom. The molecule has 0 saturated heterocycles. The molecule has 2 amide bonds. The number of fused-ring (bicyclic) bond motifs is 3. The maximum Gasteiger partial charge on any atom is 0.411 e. The summed E-state index contributed by atoms with van der Waals surface area (Å²) in [6.07, 6.45) is 1.17. The molecule has 0 spiro atoms. The predicted molar refractivity (Wildman–Crippen MR) is 130 cm³/mol. The number of amides is 2. The van der Waals surface area contributed by atoms with Crippen molar-refractivity contribution in [2.75, 3.05) is 11.9 Å². The number of ether oxygens (including phenoxy) is 1. The lowest BCUT2D eigenvalue weighted by Gasteiger charge is -2.20. The monoisotopic (exact) mass is 476 g/mol. The number of carbonyl (C=O) groups excluding carboxylic acids is 2. The van der Waals surface area contributed by atoms with E-state index in [1.807, 2.05) is 43.3 Å². The Morgan fingerprint density at radius 1 is 1.09 bits per heavy atom. The molecule has 182 valence electrons. The molecule has 0 unspecified atom stereocenters. The van der Waals surface area contributed by atoms with Crippen molar-refractivity contribution in [3.8, 4) is 11.1 Å². The summed E-state index contributed by atoms with van der Waals surface area (Å²) in [5, 5.41) is 18.6. The number of benzene rings is 2. The van der Waals surface area contributed by atoms with E-state index < -0.39 is 24.0 Å². The van der Waals surface area contributed by atoms with Gasteiger partial charge in [0.05, 0.1) is 11.9 Å². The first-order valence-electron chi connectivity index (χ1n) is 11.5. The average molecular weight is 477 g/mol. The fourth-order valence-electron chi connectivity index (χ4n) is 4.44. The van der Waals surface area contributed by atoms with E-state index in [0.29, 0.717) is 6.42 Å². The number of nitrogens with zero attached hydrogens (tertiary/aromatic N) is 2. The summed E-state index contributed by atoms with van der Waals surface area (Å²) in [6, 6.07) is 15.0. The first-order valence-corrected chi connectivity index (χ1v) is 11.5. The summed E-state index contributed by atoms with van der Waals surface area (Å²) in [4.78, 5) is 37.2. The number of carboxylic acids is 1. The number of rotatable bonds is 8. The van der Waals surface area contributed by atoms with Gasteiger partial charge in [-0.25, -0.2) is 9.59 Å².